The van der Waals surface area contributed by atoms with E-state index in [0.717, 1.165) is 18.6 Å². The number of benzene rings is 1. The normalized spacial score (nSPS) is 24.4. The maximum Gasteiger partial charge on any atom is 0.119 e. The maximum absolute atomic E-state index is 9.75. The van der Waals surface area contributed by atoms with Gasteiger partial charge in [-0.1, -0.05) is 17.7 Å². The monoisotopic (exact) mass is 251 g/mol. The molecule has 0 radical (unpaired) electrons. The van der Waals surface area contributed by atoms with Crippen molar-refractivity contribution in [2.75, 3.05) is 13.2 Å². The Hall–Kier alpha value is -1.10. The molecule has 1 aromatic rings. The third-order valence-corrected chi connectivity index (χ3v) is 3.22. The van der Waals surface area contributed by atoms with Gasteiger partial charge in [0.15, 0.2) is 0 Å². The summed E-state index contributed by atoms with van der Waals surface area (Å²) in [5.41, 5.74) is 1.19. The molecule has 18 heavy (non-hydrogen) atoms. The van der Waals surface area contributed by atoms with E-state index in [-0.39, 0.29) is 12.7 Å². The molecule has 0 bridgehead atoms. The topological polar surface area (TPSA) is 61.7 Å². The first kappa shape index (κ1) is 13.3. The van der Waals surface area contributed by atoms with Crippen LogP contribution in [-0.2, 0) is 0 Å². The molecule has 1 saturated carbocycles. The number of hydrogen-bond acceptors (Lipinski definition) is 4. The van der Waals surface area contributed by atoms with Gasteiger partial charge in [-0.2, -0.15) is 0 Å². The summed E-state index contributed by atoms with van der Waals surface area (Å²) in [6.07, 6.45) is 0.879. The smallest absolute Gasteiger partial charge is 0.119 e. The van der Waals surface area contributed by atoms with Crippen molar-refractivity contribution in [3.63, 3.8) is 0 Å². The average molecular weight is 251 g/mol. The van der Waals surface area contributed by atoms with Gasteiger partial charge in [-0.15, -0.1) is 0 Å². The van der Waals surface area contributed by atoms with Gasteiger partial charge in [0.25, 0.3) is 0 Å². The van der Waals surface area contributed by atoms with Gasteiger partial charge in [-0.25, -0.2) is 0 Å². The lowest BCUT2D eigenvalue weighted by Gasteiger charge is -2.32. The number of ether oxygens (including phenoxy) is 1. The van der Waals surface area contributed by atoms with E-state index < -0.39 is 6.10 Å². The van der Waals surface area contributed by atoms with Crippen LogP contribution in [0, 0.1) is 6.92 Å². The number of aliphatic hydroxyl groups excluding tert-OH is 2. The predicted molar refractivity (Wildman–Crippen MR) is 69.7 cm³/mol. The molecule has 0 saturated heterocycles. The molecular formula is C14H21NO3. The second-order valence-electron chi connectivity index (χ2n) is 5.01. The van der Waals surface area contributed by atoms with E-state index >= 15 is 0 Å². The van der Waals surface area contributed by atoms with Gasteiger partial charge >= 0.3 is 0 Å². The summed E-state index contributed by atoms with van der Waals surface area (Å²) in [5, 5.41) is 22.1. The van der Waals surface area contributed by atoms with Crippen LogP contribution in [0.3, 0.4) is 0 Å². The fourth-order valence-corrected chi connectivity index (χ4v) is 1.94. The van der Waals surface area contributed by atoms with Crippen LogP contribution < -0.4 is 10.1 Å². The van der Waals surface area contributed by atoms with Gasteiger partial charge in [0, 0.05) is 12.6 Å². The van der Waals surface area contributed by atoms with E-state index in [1.807, 2.05) is 31.2 Å². The zero-order chi connectivity index (χ0) is 13.0. The highest BCUT2D eigenvalue weighted by Gasteiger charge is 2.26. The van der Waals surface area contributed by atoms with Crippen LogP contribution in [-0.4, -0.2) is 41.6 Å². The highest BCUT2D eigenvalue weighted by molar-refractivity contribution is 5.26. The highest BCUT2D eigenvalue weighted by atomic mass is 16.5. The van der Waals surface area contributed by atoms with E-state index in [0.29, 0.717) is 12.6 Å². The van der Waals surface area contributed by atoms with Crippen LogP contribution in [0.25, 0.3) is 0 Å². The van der Waals surface area contributed by atoms with Crippen molar-refractivity contribution >= 4 is 0 Å². The molecule has 4 nitrogen and oxygen atoms in total. The maximum atomic E-state index is 9.75. The van der Waals surface area contributed by atoms with Crippen molar-refractivity contribution < 1.29 is 14.9 Å². The Kier molecular flexibility index (Phi) is 4.58. The highest BCUT2D eigenvalue weighted by Crippen LogP contribution is 2.19. The second kappa shape index (κ2) is 6.18. The summed E-state index contributed by atoms with van der Waals surface area (Å²) in [5.74, 6) is 0.777. The second-order valence-corrected chi connectivity index (χ2v) is 5.01. The molecule has 1 aliphatic carbocycles. The van der Waals surface area contributed by atoms with Crippen LogP contribution in [0.1, 0.15) is 18.4 Å². The predicted octanol–water partition coefficient (Wildman–Crippen LogP) is 0.848. The van der Waals surface area contributed by atoms with E-state index in [2.05, 4.69) is 5.32 Å². The molecule has 1 aromatic carbocycles. The van der Waals surface area contributed by atoms with Gasteiger partial charge < -0.3 is 20.3 Å². The van der Waals surface area contributed by atoms with Crippen molar-refractivity contribution in [3.05, 3.63) is 29.8 Å². The largest absolute Gasteiger partial charge is 0.491 e. The Balaban J connectivity index is 1.62. The van der Waals surface area contributed by atoms with Crippen molar-refractivity contribution in [1.29, 1.82) is 0 Å². The number of aliphatic hydroxyl groups is 2. The summed E-state index contributed by atoms with van der Waals surface area (Å²) < 4.78 is 5.49. The zero-order valence-electron chi connectivity index (χ0n) is 10.7. The lowest BCUT2D eigenvalue weighted by atomic mass is 9.89. The van der Waals surface area contributed by atoms with Crippen molar-refractivity contribution in [1.82, 2.24) is 5.32 Å². The van der Waals surface area contributed by atoms with Gasteiger partial charge in [0.05, 0.1) is 6.10 Å². The summed E-state index contributed by atoms with van der Waals surface area (Å²) in [6, 6.07) is 8.11. The van der Waals surface area contributed by atoms with E-state index in [4.69, 9.17) is 9.84 Å². The lowest BCUT2D eigenvalue weighted by Crippen LogP contribution is -2.47. The molecule has 3 N–H and O–H groups in total. The zero-order valence-corrected chi connectivity index (χ0v) is 10.7. The standard InChI is InChI=1S/C14H21NO3/c1-10-2-4-14(5-3-10)18-9-13(17)8-15-11-6-12(16)7-11/h2-5,11-13,15-17H,6-9H2,1H3. The van der Waals surface area contributed by atoms with Gasteiger partial charge in [0.1, 0.15) is 18.5 Å². The van der Waals surface area contributed by atoms with Crippen LogP contribution in [0.2, 0.25) is 0 Å². The number of aryl methyl sites for hydroxylation is 1. The SMILES string of the molecule is Cc1ccc(OCC(O)CNC2CC(O)C2)cc1. The van der Waals surface area contributed by atoms with E-state index in [1.165, 1.54) is 5.56 Å². The number of rotatable bonds is 6. The van der Waals surface area contributed by atoms with Crippen molar-refractivity contribution in [2.24, 2.45) is 0 Å². The Bertz CT molecular complexity index is 360. The molecule has 100 valence electrons. The molecule has 1 aliphatic rings. The van der Waals surface area contributed by atoms with Crippen molar-refractivity contribution in [3.8, 4) is 5.75 Å². The summed E-state index contributed by atoms with van der Waals surface area (Å²) in [6.45, 7) is 2.81. The molecule has 2 rings (SSSR count). The summed E-state index contributed by atoms with van der Waals surface area (Å²) in [7, 11) is 0. The van der Waals surface area contributed by atoms with Crippen molar-refractivity contribution in [2.45, 2.75) is 38.0 Å². The molecule has 0 spiro atoms. The first-order valence-corrected chi connectivity index (χ1v) is 6.42. The Labute approximate surface area is 108 Å². The molecule has 1 unspecified atom stereocenters. The first-order chi connectivity index (χ1) is 8.63. The molecule has 0 aliphatic heterocycles. The molecule has 1 atom stereocenters. The molecular weight excluding hydrogens is 230 g/mol. The van der Waals surface area contributed by atoms with E-state index in [1.54, 1.807) is 0 Å². The molecule has 0 heterocycles. The van der Waals surface area contributed by atoms with Crippen LogP contribution in [0.4, 0.5) is 0 Å². The molecule has 4 heteroatoms. The fourth-order valence-electron chi connectivity index (χ4n) is 1.94. The van der Waals surface area contributed by atoms with Crippen LogP contribution in [0.5, 0.6) is 5.75 Å². The fraction of sp³-hybridized carbons (Fsp3) is 0.571. The minimum atomic E-state index is -0.524. The molecule has 0 amide bonds. The number of hydrogen-bond donors (Lipinski definition) is 3. The lowest BCUT2D eigenvalue weighted by molar-refractivity contribution is 0.0488. The van der Waals surface area contributed by atoms with Gasteiger partial charge in [0.2, 0.25) is 0 Å². The third kappa shape index (κ3) is 3.98. The Morgan fingerprint density at radius 3 is 2.61 bits per heavy atom. The van der Waals surface area contributed by atoms with Gasteiger partial charge in [-0.05, 0) is 31.9 Å². The molecule has 0 aromatic heterocycles. The minimum absolute atomic E-state index is 0.163. The minimum Gasteiger partial charge on any atom is -0.491 e. The Morgan fingerprint density at radius 2 is 2.00 bits per heavy atom. The third-order valence-electron chi connectivity index (χ3n) is 3.22. The van der Waals surface area contributed by atoms with Crippen LogP contribution in [0.15, 0.2) is 24.3 Å². The van der Waals surface area contributed by atoms with Crippen LogP contribution >= 0.6 is 0 Å². The summed E-state index contributed by atoms with van der Waals surface area (Å²) in [4.78, 5) is 0. The number of nitrogens with one attached hydrogen (secondary N) is 1. The molecule has 1 fully saturated rings. The Morgan fingerprint density at radius 1 is 1.33 bits per heavy atom. The average Bonchev–Trinajstić information content (AvgIpc) is 2.32. The van der Waals surface area contributed by atoms with E-state index in [9.17, 15) is 5.11 Å². The quantitative estimate of drug-likeness (QED) is 0.701. The van der Waals surface area contributed by atoms with Gasteiger partial charge in [-0.3, -0.25) is 0 Å². The summed E-state index contributed by atoms with van der Waals surface area (Å²) >= 11 is 0. The first-order valence-electron chi connectivity index (χ1n) is 6.42.